The highest BCUT2D eigenvalue weighted by molar-refractivity contribution is 7.99. The molecule has 1 heterocycles. The fraction of sp³-hybridized carbons (Fsp3) is 0.250. The van der Waals surface area contributed by atoms with Gasteiger partial charge in [-0.15, -0.1) is 23.1 Å². The molecule has 2 aromatic rings. The van der Waals surface area contributed by atoms with Crippen LogP contribution in [0.2, 0.25) is 0 Å². The van der Waals surface area contributed by atoms with Crippen LogP contribution in [0.5, 0.6) is 0 Å². The largest absolute Gasteiger partial charge is 0.272 e. The Morgan fingerprint density at radius 2 is 2.14 bits per heavy atom. The van der Waals surface area contributed by atoms with Crippen molar-refractivity contribution < 1.29 is 4.79 Å². The second-order valence-corrected chi connectivity index (χ2v) is 6.92. The zero-order valence-electron chi connectivity index (χ0n) is 12.1. The van der Waals surface area contributed by atoms with Crippen molar-refractivity contribution in [2.45, 2.75) is 24.9 Å². The van der Waals surface area contributed by atoms with Crippen molar-refractivity contribution in [1.82, 2.24) is 5.43 Å². The highest BCUT2D eigenvalue weighted by Gasteiger charge is 2.12. The van der Waals surface area contributed by atoms with Crippen molar-refractivity contribution >= 4 is 35.2 Å². The first-order chi connectivity index (χ1) is 10.2. The lowest BCUT2D eigenvalue weighted by Crippen LogP contribution is -2.26. The van der Waals surface area contributed by atoms with Crippen molar-refractivity contribution in [3.63, 3.8) is 0 Å². The monoisotopic (exact) mass is 318 g/mol. The molecule has 110 valence electrons. The van der Waals surface area contributed by atoms with Gasteiger partial charge in [0.2, 0.25) is 0 Å². The minimum Gasteiger partial charge on any atom is -0.272 e. The molecule has 0 spiro atoms. The fourth-order valence-corrected chi connectivity index (χ4v) is 3.26. The van der Waals surface area contributed by atoms with Crippen LogP contribution in [0, 0.1) is 6.92 Å². The van der Waals surface area contributed by atoms with Crippen molar-refractivity contribution in [1.29, 1.82) is 0 Å². The number of carbonyl (C=O) groups is 1. The van der Waals surface area contributed by atoms with E-state index in [4.69, 9.17) is 0 Å². The SMILES string of the molecule is Cc1ccsc1/C=N\NC(=O)[C@@H](C)SCc1ccccc1. The highest BCUT2D eigenvalue weighted by Crippen LogP contribution is 2.17. The van der Waals surface area contributed by atoms with Gasteiger partial charge in [-0.25, -0.2) is 5.43 Å². The smallest absolute Gasteiger partial charge is 0.252 e. The number of thiophene rings is 1. The van der Waals surface area contributed by atoms with Gasteiger partial charge in [-0.05, 0) is 36.4 Å². The molecule has 2 rings (SSSR count). The van der Waals surface area contributed by atoms with Crippen LogP contribution in [0.1, 0.15) is 22.9 Å². The number of rotatable bonds is 6. The molecule has 0 bridgehead atoms. The molecule has 0 unspecified atom stereocenters. The zero-order valence-corrected chi connectivity index (χ0v) is 13.7. The van der Waals surface area contributed by atoms with Crippen molar-refractivity contribution in [3.8, 4) is 0 Å². The lowest BCUT2D eigenvalue weighted by molar-refractivity contribution is -0.120. The molecule has 1 atom stereocenters. The Bertz CT molecular complexity index is 608. The van der Waals surface area contributed by atoms with Gasteiger partial charge in [0.25, 0.3) is 5.91 Å². The molecule has 0 aliphatic heterocycles. The first-order valence-electron chi connectivity index (χ1n) is 6.69. The fourth-order valence-electron chi connectivity index (χ4n) is 1.63. The lowest BCUT2D eigenvalue weighted by Gasteiger charge is -2.09. The molecule has 3 nitrogen and oxygen atoms in total. The second kappa shape index (κ2) is 8.00. The Morgan fingerprint density at radius 3 is 2.81 bits per heavy atom. The summed E-state index contributed by atoms with van der Waals surface area (Å²) in [6.45, 7) is 3.92. The maximum atomic E-state index is 11.9. The minimum absolute atomic E-state index is 0.0682. The van der Waals surface area contributed by atoms with E-state index in [1.165, 1.54) is 11.1 Å². The second-order valence-electron chi connectivity index (χ2n) is 4.64. The summed E-state index contributed by atoms with van der Waals surface area (Å²) >= 11 is 3.22. The Labute approximate surface area is 133 Å². The van der Waals surface area contributed by atoms with Crippen molar-refractivity contribution in [2.24, 2.45) is 5.10 Å². The third-order valence-electron chi connectivity index (χ3n) is 2.97. The molecule has 0 saturated heterocycles. The van der Waals surface area contributed by atoms with Crippen LogP contribution in [-0.2, 0) is 10.5 Å². The van der Waals surface area contributed by atoms with Gasteiger partial charge in [0.05, 0.1) is 11.5 Å². The normalized spacial score (nSPS) is 12.5. The van der Waals surface area contributed by atoms with E-state index in [0.717, 1.165) is 10.6 Å². The molecule has 0 aliphatic rings. The summed E-state index contributed by atoms with van der Waals surface area (Å²) in [5, 5.41) is 5.90. The van der Waals surface area contributed by atoms with Crippen LogP contribution in [0.4, 0.5) is 0 Å². The van der Waals surface area contributed by atoms with Crippen LogP contribution in [-0.4, -0.2) is 17.4 Å². The first-order valence-corrected chi connectivity index (χ1v) is 8.62. The van der Waals surface area contributed by atoms with Gasteiger partial charge in [-0.3, -0.25) is 4.79 Å². The number of hydrogen-bond donors (Lipinski definition) is 1. The summed E-state index contributed by atoms with van der Waals surface area (Å²) in [7, 11) is 0. The standard InChI is InChI=1S/C16H18N2OS2/c1-12-8-9-20-15(12)10-17-18-16(19)13(2)21-11-14-6-4-3-5-7-14/h3-10,13H,11H2,1-2H3,(H,18,19)/b17-10-/t13-/m1/s1. The molecule has 0 fully saturated rings. The predicted molar refractivity (Wildman–Crippen MR) is 92.0 cm³/mol. The zero-order chi connectivity index (χ0) is 15.1. The van der Waals surface area contributed by atoms with Gasteiger partial charge >= 0.3 is 0 Å². The van der Waals surface area contributed by atoms with E-state index >= 15 is 0 Å². The Hall–Kier alpha value is -1.59. The van der Waals surface area contributed by atoms with Gasteiger partial charge in [-0.1, -0.05) is 30.3 Å². The Morgan fingerprint density at radius 1 is 1.38 bits per heavy atom. The number of amides is 1. The van der Waals surface area contributed by atoms with E-state index in [-0.39, 0.29) is 11.2 Å². The summed E-state index contributed by atoms with van der Waals surface area (Å²) in [6.07, 6.45) is 1.70. The van der Waals surface area contributed by atoms with Gasteiger partial charge < -0.3 is 0 Å². The number of nitrogens with zero attached hydrogens (tertiary/aromatic N) is 1. The molecule has 1 N–H and O–H groups in total. The third-order valence-corrected chi connectivity index (χ3v) is 5.14. The molecular weight excluding hydrogens is 300 g/mol. The summed E-state index contributed by atoms with van der Waals surface area (Å²) in [5.74, 6) is 0.754. The van der Waals surface area contributed by atoms with E-state index in [0.29, 0.717) is 0 Å². The predicted octanol–water partition coefficient (Wildman–Crippen LogP) is 3.83. The van der Waals surface area contributed by atoms with Gasteiger partial charge in [0, 0.05) is 10.6 Å². The van der Waals surface area contributed by atoms with Crippen LogP contribution < -0.4 is 5.43 Å². The van der Waals surface area contributed by atoms with Crippen LogP contribution in [0.15, 0.2) is 46.9 Å². The summed E-state index contributed by atoms with van der Waals surface area (Å²) < 4.78 is 0. The summed E-state index contributed by atoms with van der Waals surface area (Å²) in [4.78, 5) is 13.0. The molecule has 0 radical (unpaired) electrons. The maximum absolute atomic E-state index is 11.9. The Kier molecular flexibility index (Phi) is 6.02. The average molecular weight is 318 g/mol. The molecule has 1 aromatic heterocycles. The number of hydrazone groups is 1. The topological polar surface area (TPSA) is 41.5 Å². The molecular formula is C16H18N2OS2. The number of thioether (sulfide) groups is 1. The first kappa shape index (κ1) is 15.8. The minimum atomic E-state index is -0.133. The number of carbonyl (C=O) groups excluding carboxylic acids is 1. The van der Waals surface area contributed by atoms with Gasteiger partial charge in [-0.2, -0.15) is 5.10 Å². The average Bonchev–Trinajstić information content (AvgIpc) is 2.91. The lowest BCUT2D eigenvalue weighted by atomic mass is 10.2. The quantitative estimate of drug-likeness (QED) is 0.649. The van der Waals surface area contributed by atoms with Crippen LogP contribution in [0.3, 0.4) is 0 Å². The van der Waals surface area contributed by atoms with Crippen molar-refractivity contribution in [2.75, 3.05) is 0 Å². The molecule has 1 aromatic carbocycles. The van der Waals surface area contributed by atoms with E-state index in [1.807, 2.05) is 43.5 Å². The maximum Gasteiger partial charge on any atom is 0.252 e. The highest BCUT2D eigenvalue weighted by atomic mass is 32.2. The van der Waals surface area contributed by atoms with E-state index < -0.39 is 0 Å². The number of nitrogens with one attached hydrogen (secondary N) is 1. The van der Waals surface area contributed by atoms with E-state index in [2.05, 4.69) is 22.7 Å². The molecule has 0 aliphatic carbocycles. The Balaban J connectivity index is 1.77. The summed E-state index contributed by atoms with van der Waals surface area (Å²) in [6, 6.07) is 12.2. The molecule has 5 heteroatoms. The number of hydrogen-bond acceptors (Lipinski definition) is 4. The molecule has 1 amide bonds. The summed E-state index contributed by atoms with van der Waals surface area (Å²) in [5.41, 5.74) is 4.99. The third kappa shape index (κ3) is 5.02. The molecule has 21 heavy (non-hydrogen) atoms. The number of aryl methyl sites for hydroxylation is 1. The van der Waals surface area contributed by atoms with E-state index in [9.17, 15) is 4.79 Å². The van der Waals surface area contributed by atoms with Gasteiger partial charge in [0.15, 0.2) is 0 Å². The van der Waals surface area contributed by atoms with Crippen molar-refractivity contribution in [3.05, 3.63) is 57.8 Å². The van der Waals surface area contributed by atoms with Gasteiger partial charge in [0.1, 0.15) is 0 Å². The molecule has 0 saturated carbocycles. The van der Waals surface area contributed by atoms with E-state index in [1.54, 1.807) is 29.3 Å². The number of benzene rings is 1. The van der Waals surface area contributed by atoms with Crippen LogP contribution >= 0.6 is 23.1 Å². The van der Waals surface area contributed by atoms with Crippen LogP contribution in [0.25, 0.3) is 0 Å².